The third kappa shape index (κ3) is 4.11. The normalized spacial score (nSPS) is 16.9. The monoisotopic (exact) mass is 372 g/mol. The van der Waals surface area contributed by atoms with Crippen LogP contribution in [0, 0.1) is 5.92 Å². The number of piperidine rings is 1. The highest BCUT2D eigenvalue weighted by Gasteiger charge is 2.28. The van der Waals surface area contributed by atoms with Crippen LogP contribution in [-0.2, 0) is 11.2 Å². The summed E-state index contributed by atoms with van der Waals surface area (Å²) in [6.45, 7) is 1.24. The van der Waals surface area contributed by atoms with E-state index in [1.165, 1.54) is 5.56 Å². The molecule has 1 aromatic heterocycles. The van der Waals surface area contributed by atoms with Gasteiger partial charge in [0.15, 0.2) is 0 Å². The molecular weight excluding hydrogens is 348 g/mol. The minimum atomic E-state index is -0.0523. The third-order valence-corrected chi connectivity index (χ3v) is 5.52. The van der Waals surface area contributed by atoms with Gasteiger partial charge in [-0.15, -0.1) is 0 Å². The number of aromatic nitrogens is 1. The van der Waals surface area contributed by atoms with Crippen LogP contribution in [0.15, 0.2) is 66.9 Å². The average Bonchev–Trinajstić information content (AvgIpc) is 2.77. The van der Waals surface area contributed by atoms with E-state index in [0.29, 0.717) is 25.1 Å². The lowest BCUT2D eigenvalue weighted by molar-refractivity contribution is -0.124. The fraction of sp³-hybridized carbons (Fsp3) is 0.292. The molecule has 0 radical (unpaired) electrons. The molecule has 4 rings (SSSR count). The van der Waals surface area contributed by atoms with Crippen LogP contribution in [0.25, 0.3) is 10.9 Å². The van der Waals surface area contributed by atoms with Crippen molar-refractivity contribution >= 4 is 22.6 Å². The summed E-state index contributed by atoms with van der Waals surface area (Å²) in [4.78, 5) is 31.8. The molecule has 3 aromatic rings. The van der Waals surface area contributed by atoms with Crippen molar-refractivity contribution in [3.63, 3.8) is 0 Å². The SMILES string of the molecule is O=C(CCc1ccccc1)[C@H]1CCCN(C(=O)c2ccc3ncccc3c2)C1. The first-order chi connectivity index (χ1) is 13.7. The van der Waals surface area contributed by atoms with Crippen LogP contribution in [0.2, 0.25) is 0 Å². The Morgan fingerprint density at radius 2 is 1.89 bits per heavy atom. The van der Waals surface area contributed by atoms with Crippen LogP contribution in [0.1, 0.15) is 35.2 Å². The number of ketones is 1. The van der Waals surface area contributed by atoms with Gasteiger partial charge in [0.05, 0.1) is 5.52 Å². The fourth-order valence-electron chi connectivity index (χ4n) is 3.93. The molecule has 1 aliphatic rings. The predicted molar refractivity (Wildman–Crippen MR) is 110 cm³/mol. The number of benzene rings is 2. The van der Waals surface area contributed by atoms with Gasteiger partial charge < -0.3 is 4.90 Å². The largest absolute Gasteiger partial charge is 0.338 e. The molecule has 0 bridgehead atoms. The minimum absolute atomic E-state index is 0.00584. The van der Waals surface area contributed by atoms with E-state index in [1.54, 1.807) is 6.20 Å². The third-order valence-electron chi connectivity index (χ3n) is 5.52. The van der Waals surface area contributed by atoms with E-state index in [-0.39, 0.29) is 17.6 Å². The summed E-state index contributed by atoms with van der Waals surface area (Å²) in [6.07, 6.45) is 4.81. The molecule has 28 heavy (non-hydrogen) atoms. The van der Waals surface area contributed by atoms with E-state index >= 15 is 0 Å². The lowest BCUT2D eigenvalue weighted by Gasteiger charge is -2.32. The molecule has 0 spiro atoms. The molecule has 0 N–H and O–H groups in total. The van der Waals surface area contributed by atoms with Gasteiger partial charge in [-0.05, 0) is 49.1 Å². The predicted octanol–water partition coefficient (Wildman–Crippen LogP) is 4.29. The van der Waals surface area contributed by atoms with Crippen molar-refractivity contribution in [2.75, 3.05) is 13.1 Å². The topological polar surface area (TPSA) is 50.3 Å². The Hall–Kier alpha value is -3.01. The van der Waals surface area contributed by atoms with E-state index in [2.05, 4.69) is 17.1 Å². The number of carbonyl (C=O) groups excluding carboxylic acids is 2. The van der Waals surface area contributed by atoms with E-state index in [4.69, 9.17) is 0 Å². The number of hydrogen-bond donors (Lipinski definition) is 0. The zero-order valence-electron chi connectivity index (χ0n) is 15.9. The zero-order valence-corrected chi connectivity index (χ0v) is 15.9. The molecular formula is C24H24N2O2. The van der Waals surface area contributed by atoms with E-state index in [1.807, 2.05) is 53.4 Å². The number of fused-ring (bicyclic) bond motifs is 1. The fourth-order valence-corrected chi connectivity index (χ4v) is 3.93. The van der Waals surface area contributed by atoms with Gasteiger partial charge in [-0.1, -0.05) is 36.4 Å². The number of amides is 1. The second kappa shape index (κ2) is 8.34. The molecule has 4 heteroatoms. The van der Waals surface area contributed by atoms with Crippen LogP contribution in [0.3, 0.4) is 0 Å². The van der Waals surface area contributed by atoms with Gasteiger partial charge in [-0.25, -0.2) is 0 Å². The van der Waals surface area contributed by atoms with Crippen molar-refractivity contribution in [2.24, 2.45) is 5.92 Å². The number of hydrogen-bond acceptors (Lipinski definition) is 3. The van der Waals surface area contributed by atoms with Crippen molar-refractivity contribution in [3.8, 4) is 0 Å². The van der Waals surface area contributed by atoms with E-state index in [0.717, 1.165) is 30.2 Å². The molecule has 0 unspecified atom stereocenters. The van der Waals surface area contributed by atoms with Crippen molar-refractivity contribution in [1.29, 1.82) is 0 Å². The summed E-state index contributed by atoms with van der Waals surface area (Å²) in [5.41, 5.74) is 2.73. The standard InChI is InChI=1S/C24H24N2O2/c27-23(13-10-18-6-2-1-3-7-18)21-9-5-15-26(17-21)24(28)20-11-12-22-19(16-20)8-4-14-25-22/h1-4,6-8,11-12,14,16,21H,5,9-10,13,15,17H2/t21-/m0/s1. The zero-order chi connectivity index (χ0) is 19.3. The van der Waals surface area contributed by atoms with Gasteiger partial charge in [-0.3, -0.25) is 14.6 Å². The molecule has 0 saturated carbocycles. The first kappa shape index (κ1) is 18.4. The molecule has 0 aliphatic carbocycles. The highest BCUT2D eigenvalue weighted by atomic mass is 16.2. The van der Waals surface area contributed by atoms with Gasteiger partial charge in [0.1, 0.15) is 5.78 Å². The number of likely N-dealkylation sites (tertiary alicyclic amines) is 1. The van der Waals surface area contributed by atoms with Gasteiger partial charge in [0.2, 0.25) is 0 Å². The maximum Gasteiger partial charge on any atom is 0.253 e. The summed E-state index contributed by atoms with van der Waals surface area (Å²) in [7, 11) is 0. The quantitative estimate of drug-likeness (QED) is 0.671. The Morgan fingerprint density at radius 3 is 2.75 bits per heavy atom. The average molecular weight is 372 g/mol. The Labute approximate surface area is 165 Å². The molecule has 1 atom stereocenters. The molecule has 2 heterocycles. The van der Waals surface area contributed by atoms with Crippen LogP contribution in [0.5, 0.6) is 0 Å². The van der Waals surface area contributed by atoms with Crippen molar-refractivity contribution in [3.05, 3.63) is 78.0 Å². The maximum absolute atomic E-state index is 13.0. The van der Waals surface area contributed by atoms with Crippen LogP contribution in [0.4, 0.5) is 0 Å². The summed E-state index contributed by atoms with van der Waals surface area (Å²) >= 11 is 0. The number of rotatable bonds is 5. The van der Waals surface area contributed by atoms with Gasteiger partial charge in [0, 0.05) is 42.6 Å². The molecule has 1 amide bonds. The van der Waals surface area contributed by atoms with Crippen LogP contribution >= 0.6 is 0 Å². The number of pyridine rings is 1. The first-order valence-electron chi connectivity index (χ1n) is 9.91. The van der Waals surface area contributed by atoms with Gasteiger partial charge >= 0.3 is 0 Å². The molecule has 1 aliphatic heterocycles. The summed E-state index contributed by atoms with van der Waals surface area (Å²) in [5, 5.41) is 0.959. The number of Topliss-reactive ketones (excluding diaryl/α,β-unsaturated/α-hetero) is 1. The van der Waals surface area contributed by atoms with Crippen molar-refractivity contribution < 1.29 is 9.59 Å². The molecule has 2 aromatic carbocycles. The minimum Gasteiger partial charge on any atom is -0.338 e. The highest BCUT2D eigenvalue weighted by Crippen LogP contribution is 2.22. The molecule has 1 saturated heterocycles. The summed E-state index contributed by atoms with van der Waals surface area (Å²) < 4.78 is 0. The Balaban J connectivity index is 1.40. The first-order valence-corrected chi connectivity index (χ1v) is 9.91. The van der Waals surface area contributed by atoms with Gasteiger partial charge in [0.25, 0.3) is 5.91 Å². The number of carbonyl (C=O) groups is 2. The van der Waals surface area contributed by atoms with E-state index in [9.17, 15) is 9.59 Å². The summed E-state index contributed by atoms with van der Waals surface area (Å²) in [6, 6.07) is 19.5. The Kier molecular flexibility index (Phi) is 5.47. The number of nitrogens with zero attached hydrogens (tertiary/aromatic N) is 2. The lowest BCUT2D eigenvalue weighted by Crippen LogP contribution is -2.42. The second-order valence-electron chi connectivity index (χ2n) is 7.45. The second-order valence-corrected chi connectivity index (χ2v) is 7.45. The van der Waals surface area contributed by atoms with Gasteiger partial charge in [-0.2, -0.15) is 0 Å². The van der Waals surface area contributed by atoms with Crippen molar-refractivity contribution in [1.82, 2.24) is 9.88 Å². The molecule has 142 valence electrons. The van der Waals surface area contributed by atoms with Crippen molar-refractivity contribution in [2.45, 2.75) is 25.7 Å². The number of aryl methyl sites for hydroxylation is 1. The van der Waals surface area contributed by atoms with Crippen LogP contribution < -0.4 is 0 Å². The Morgan fingerprint density at radius 1 is 1.04 bits per heavy atom. The summed E-state index contributed by atoms with van der Waals surface area (Å²) in [5.74, 6) is 0.221. The molecule has 4 nitrogen and oxygen atoms in total. The lowest BCUT2D eigenvalue weighted by atomic mass is 9.90. The van der Waals surface area contributed by atoms with E-state index < -0.39 is 0 Å². The smallest absolute Gasteiger partial charge is 0.253 e. The highest BCUT2D eigenvalue weighted by molar-refractivity contribution is 5.98. The van der Waals surface area contributed by atoms with Crippen LogP contribution in [-0.4, -0.2) is 34.7 Å². The Bertz CT molecular complexity index is 984. The molecule has 1 fully saturated rings. The maximum atomic E-state index is 13.0.